The lowest BCUT2D eigenvalue weighted by Crippen LogP contribution is -2.58. The number of fused-ring (bicyclic) bond motifs is 3. The van der Waals surface area contributed by atoms with E-state index in [-0.39, 0.29) is 62.8 Å². The van der Waals surface area contributed by atoms with E-state index in [4.69, 9.17) is 9.47 Å². The molecule has 0 aromatic heterocycles. The smallest absolute Gasteiger partial charge is 0.329 e. The average Bonchev–Trinajstić information content (AvgIpc) is 3.15. The Morgan fingerprint density at radius 2 is 1.63 bits per heavy atom. The molecule has 14 atom stereocenters. The zero-order valence-electron chi connectivity index (χ0n) is 35.5. The van der Waals surface area contributed by atoms with E-state index in [0.29, 0.717) is 49.7 Å². The van der Waals surface area contributed by atoms with Crippen molar-refractivity contribution in [1.29, 1.82) is 0 Å². The molecular weight excluding hydrogens is 734 g/mol. The lowest BCUT2D eigenvalue weighted by atomic mass is 9.85. The molecule has 0 aromatic carbocycles. The van der Waals surface area contributed by atoms with Gasteiger partial charge in [-0.2, -0.15) is 0 Å². The number of amides is 1. The molecule has 3 aliphatic heterocycles. The van der Waals surface area contributed by atoms with Gasteiger partial charge in [0.05, 0.1) is 42.7 Å². The van der Waals surface area contributed by atoms with Crippen LogP contribution in [0.3, 0.4) is 0 Å². The van der Waals surface area contributed by atoms with Gasteiger partial charge in [-0.25, -0.2) is 4.79 Å². The summed E-state index contributed by atoms with van der Waals surface area (Å²) in [6, 6.07) is -1.09. The van der Waals surface area contributed by atoms with Gasteiger partial charge in [0.2, 0.25) is 5.79 Å². The quantitative estimate of drug-likeness (QED) is 0.122. The molecule has 13 heteroatoms. The molecule has 14 unspecified atom stereocenters. The standard InChI is InChI=1S/C44H73NO12/c1-9-32-15-16-39(28(5)21-26(3)31(8)46)56-43(54)35-14-10-11-18-45(35)42(53)41(52)44(55)17-12-13-34(57-44)22-33(47)23-37(49)30(7)38(50)24-36(48)27(4)19-25(2)20-29(6)40(32)51/h15,19,21,25-26,29-31,33-40,46-51,55H,9-14,16-18,20,22-24H2,1-8H3/b27-19-,28-21+,32-15-. The zero-order valence-corrected chi connectivity index (χ0v) is 35.5. The second-order valence-corrected chi connectivity index (χ2v) is 17.5. The van der Waals surface area contributed by atoms with Crippen molar-refractivity contribution < 1.29 is 59.6 Å². The maximum Gasteiger partial charge on any atom is 0.329 e. The predicted molar refractivity (Wildman–Crippen MR) is 215 cm³/mol. The average molecular weight is 808 g/mol. The summed E-state index contributed by atoms with van der Waals surface area (Å²) in [6.45, 7) is 14.7. The number of ketones is 1. The van der Waals surface area contributed by atoms with Crippen molar-refractivity contribution in [3.05, 3.63) is 34.9 Å². The van der Waals surface area contributed by atoms with Crippen molar-refractivity contribution in [2.24, 2.45) is 23.7 Å². The maximum absolute atomic E-state index is 14.0. The van der Waals surface area contributed by atoms with E-state index < -0.39 is 84.2 Å². The summed E-state index contributed by atoms with van der Waals surface area (Å²) in [5, 5.41) is 77.0. The highest BCUT2D eigenvalue weighted by atomic mass is 16.6. The van der Waals surface area contributed by atoms with Gasteiger partial charge in [-0.1, -0.05) is 52.8 Å². The van der Waals surface area contributed by atoms with Gasteiger partial charge in [0.1, 0.15) is 12.1 Å². The number of piperidine rings is 1. The van der Waals surface area contributed by atoms with Crippen LogP contribution in [0.5, 0.6) is 0 Å². The van der Waals surface area contributed by atoms with Gasteiger partial charge in [-0.15, -0.1) is 0 Å². The van der Waals surface area contributed by atoms with Crippen molar-refractivity contribution in [2.75, 3.05) is 6.54 Å². The number of carbonyl (C=O) groups is 3. The topological polar surface area (TPSA) is 215 Å². The highest BCUT2D eigenvalue weighted by molar-refractivity contribution is 6.39. The van der Waals surface area contributed by atoms with Crippen LogP contribution in [0.4, 0.5) is 0 Å². The van der Waals surface area contributed by atoms with Crippen LogP contribution in [0, 0.1) is 23.7 Å². The lowest BCUT2D eigenvalue weighted by Gasteiger charge is -2.39. The number of cyclic esters (lactones) is 1. The molecule has 0 spiro atoms. The Hall–Kier alpha value is -2.49. The Morgan fingerprint density at radius 3 is 2.28 bits per heavy atom. The Kier molecular flexibility index (Phi) is 19.0. The van der Waals surface area contributed by atoms with Crippen LogP contribution < -0.4 is 0 Å². The van der Waals surface area contributed by atoms with Crippen molar-refractivity contribution >= 4 is 17.7 Å². The molecule has 0 aliphatic carbocycles. The van der Waals surface area contributed by atoms with E-state index in [0.717, 1.165) is 10.5 Å². The number of allylic oxidation sites excluding steroid dienone is 1. The number of nitrogens with zero attached hydrogens (tertiary/aromatic N) is 1. The Labute approximate surface area is 339 Å². The van der Waals surface area contributed by atoms with Crippen molar-refractivity contribution in [3.63, 3.8) is 0 Å². The van der Waals surface area contributed by atoms with Crippen molar-refractivity contribution in [1.82, 2.24) is 4.90 Å². The fraction of sp³-hybridized carbons (Fsp3) is 0.795. The first-order valence-corrected chi connectivity index (χ1v) is 21.3. The number of hydrogen-bond donors (Lipinski definition) is 7. The SMILES string of the molecule is CC/C1=C/CC(/C(C)=C/C(C)C(C)O)OC(=O)C2CCCCN2C(=O)C(=O)C2(O)CCCC(CC(O)CC(O)C(C)C(O)CC(O)/C(C)=C\C(C)CC(C)C1O)O2. The monoisotopic (exact) mass is 808 g/mol. The molecule has 1 amide bonds. The second kappa shape index (κ2) is 22.2. The van der Waals surface area contributed by atoms with Gasteiger partial charge in [0.25, 0.3) is 11.7 Å². The maximum atomic E-state index is 14.0. The third-order valence-corrected chi connectivity index (χ3v) is 12.5. The molecule has 0 saturated carbocycles. The summed E-state index contributed by atoms with van der Waals surface area (Å²) in [7, 11) is 0. The van der Waals surface area contributed by atoms with Gasteiger partial charge in [0.15, 0.2) is 0 Å². The molecule has 3 aliphatic rings. The highest BCUT2D eigenvalue weighted by Crippen LogP contribution is 2.33. The first-order valence-electron chi connectivity index (χ1n) is 21.3. The van der Waals surface area contributed by atoms with E-state index in [9.17, 15) is 50.1 Å². The van der Waals surface area contributed by atoms with Crippen LogP contribution in [-0.4, -0.2) is 126 Å². The van der Waals surface area contributed by atoms with Crippen LogP contribution >= 0.6 is 0 Å². The number of hydrogen-bond acceptors (Lipinski definition) is 12. The van der Waals surface area contributed by atoms with Crippen LogP contribution in [0.1, 0.15) is 132 Å². The van der Waals surface area contributed by atoms with Crippen LogP contribution in [0.2, 0.25) is 0 Å². The minimum atomic E-state index is -2.48. The molecule has 2 saturated heterocycles. The number of esters is 1. The number of aliphatic hydroxyl groups excluding tert-OH is 6. The van der Waals surface area contributed by atoms with Crippen molar-refractivity contribution in [2.45, 2.75) is 193 Å². The third kappa shape index (κ3) is 13.8. The van der Waals surface area contributed by atoms with Crippen molar-refractivity contribution in [3.8, 4) is 0 Å². The molecule has 57 heavy (non-hydrogen) atoms. The fourth-order valence-corrected chi connectivity index (χ4v) is 8.44. The Bertz CT molecular complexity index is 1430. The van der Waals surface area contributed by atoms with Gasteiger partial charge in [0, 0.05) is 37.6 Å². The first-order chi connectivity index (χ1) is 26.7. The molecule has 3 rings (SSSR count). The molecule has 326 valence electrons. The Balaban J connectivity index is 2.01. The summed E-state index contributed by atoms with van der Waals surface area (Å²) in [4.78, 5) is 42.8. The van der Waals surface area contributed by atoms with E-state index in [1.54, 1.807) is 27.7 Å². The largest absolute Gasteiger partial charge is 0.456 e. The van der Waals surface area contributed by atoms with E-state index in [2.05, 4.69) is 0 Å². The van der Waals surface area contributed by atoms with Gasteiger partial charge >= 0.3 is 5.97 Å². The minimum absolute atomic E-state index is 0.0334. The normalized spacial score (nSPS) is 40.1. The number of carbonyl (C=O) groups excluding carboxylic acids is 3. The van der Waals surface area contributed by atoms with Crippen LogP contribution in [-0.2, 0) is 23.9 Å². The first kappa shape index (κ1) is 48.9. The fourth-order valence-electron chi connectivity index (χ4n) is 8.44. The summed E-state index contributed by atoms with van der Waals surface area (Å²) >= 11 is 0. The highest BCUT2D eigenvalue weighted by Gasteiger charge is 2.49. The third-order valence-electron chi connectivity index (χ3n) is 12.5. The number of rotatable bonds is 4. The number of ether oxygens (including phenoxy) is 2. The van der Waals surface area contributed by atoms with Crippen LogP contribution in [0.25, 0.3) is 0 Å². The van der Waals surface area contributed by atoms with Crippen LogP contribution in [0.15, 0.2) is 34.9 Å². The van der Waals surface area contributed by atoms with Gasteiger partial charge in [-0.05, 0) is 107 Å². The molecular formula is C44H73NO12. The number of Topliss-reactive ketones (excluding diaryl/α,β-unsaturated/α-hetero) is 1. The molecule has 2 fully saturated rings. The summed E-state index contributed by atoms with van der Waals surface area (Å²) < 4.78 is 12.0. The summed E-state index contributed by atoms with van der Waals surface area (Å²) in [6.07, 6.45) is 1.23. The molecule has 0 aromatic rings. The molecule has 7 N–H and O–H groups in total. The second-order valence-electron chi connectivity index (χ2n) is 17.5. The molecule has 0 radical (unpaired) electrons. The molecule has 3 heterocycles. The van der Waals surface area contributed by atoms with E-state index in [1.807, 2.05) is 45.9 Å². The van der Waals surface area contributed by atoms with Gasteiger partial charge in [-0.3, -0.25) is 9.59 Å². The minimum Gasteiger partial charge on any atom is -0.456 e. The Morgan fingerprint density at radius 1 is 0.965 bits per heavy atom. The summed E-state index contributed by atoms with van der Waals surface area (Å²) in [5.41, 5.74) is 2.08. The number of aliphatic hydroxyl groups is 7. The molecule has 13 nitrogen and oxygen atoms in total. The zero-order chi connectivity index (χ0) is 42.8. The molecule has 2 bridgehead atoms. The predicted octanol–water partition coefficient (Wildman–Crippen LogP) is 4.03. The van der Waals surface area contributed by atoms with Gasteiger partial charge < -0.3 is 50.1 Å². The lowest BCUT2D eigenvalue weighted by molar-refractivity contribution is -0.245. The summed E-state index contributed by atoms with van der Waals surface area (Å²) in [5.74, 6) is -6.63. The van der Waals surface area contributed by atoms with E-state index >= 15 is 0 Å². The van der Waals surface area contributed by atoms with E-state index in [1.165, 1.54) is 0 Å².